The molecule has 1 N–H and O–H groups in total. The Balaban J connectivity index is 2.40. The lowest BCUT2D eigenvalue weighted by Gasteiger charge is -2.37. The summed E-state index contributed by atoms with van der Waals surface area (Å²) in [4.78, 5) is 13.6. The predicted octanol–water partition coefficient (Wildman–Crippen LogP) is 0.232. The highest BCUT2D eigenvalue weighted by Gasteiger charge is 2.29. The summed E-state index contributed by atoms with van der Waals surface area (Å²) >= 11 is 0. The molecule has 0 saturated carbocycles. The van der Waals surface area contributed by atoms with E-state index in [1.54, 1.807) is 7.11 Å². The minimum Gasteiger partial charge on any atom is -0.378 e. The van der Waals surface area contributed by atoms with Crippen molar-refractivity contribution in [2.24, 2.45) is 0 Å². The van der Waals surface area contributed by atoms with E-state index in [2.05, 4.69) is 5.32 Å². The van der Waals surface area contributed by atoms with Crippen molar-refractivity contribution in [1.82, 2.24) is 10.2 Å². The van der Waals surface area contributed by atoms with Crippen molar-refractivity contribution < 1.29 is 9.53 Å². The van der Waals surface area contributed by atoms with Crippen molar-refractivity contribution in [3.63, 3.8) is 0 Å². The Hall–Kier alpha value is -0.610. The van der Waals surface area contributed by atoms with Crippen LogP contribution in [-0.4, -0.2) is 49.7 Å². The molecule has 0 aromatic carbocycles. The third kappa shape index (κ3) is 2.69. The minimum atomic E-state index is -0.359. The molecule has 0 bridgehead atoms. The van der Waals surface area contributed by atoms with E-state index in [0.29, 0.717) is 12.5 Å². The van der Waals surface area contributed by atoms with Gasteiger partial charge in [0, 0.05) is 27.2 Å². The molecular formula is C10H20N2O2. The number of rotatable bonds is 4. The second kappa shape index (κ2) is 4.28. The number of amides is 1. The van der Waals surface area contributed by atoms with E-state index in [1.165, 1.54) is 0 Å². The zero-order chi connectivity index (χ0) is 10.8. The number of nitrogens with zero attached hydrogens (tertiary/aromatic N) is 1. The van der Waals surface area contributed by atoms with Gasteiger partial charge < -0.3 is 15.0 Å². The van der Waals surface area contributed by atoms with Crippen molar-refractivity contribution in [3.05, 3.63) is 0 Å². The molecule has 0 aromatic rings. The number of likely N-dealkylation sites (N-methyl/N-ethyl adjacent to an activating group) is 1. The van der Waals surface area contributed by atoms with Crippen LogP contribution >= 0.6 is 0 Å². The zero-order valence-electron chi connectivity index (χ0n) is 9.46. The van der Waals surface area contributed by atoms with E-state index in [0.717, 1.165) is 13.1 Å². The van der Waals surface area contributed by atoms with Gasteiger partial charge in [-0.15, -0.1) is 0 Å². The molecular weight excluding hydrogens is 180 g/mol. The van der Waals surface area contributed by atoms with Gasteiger partial charge in [-0.2, -0.15) is 0 Å². The summed E-state index contributed by atoms with van der Waals surface area (Å²) in [6.07, 6.45) is 0.441. The van der Waals surface area contributed by atoms with Crippen LogP contribution < -0.4 is 5.32 Å². The summed E-state index contributed by atoms with van der Waals surface area (Å²) in [5.74, 6) is 0.156. The lowest BCUT2D eigenvalue weighted by molar-refractivity contribution is -0.138. The first-order valence-corrected chi connectivity index (χ1v) is 4.98. The van der Waals surface area contributed by atoms with Crippen LogP contribution in [0, 0.1) is 0 Å². The molecule has 1 saturated heterocycles. The smallest absolute Gasteiger partial charge is 0.225 e. The Labute approximate surface area is 85.6 Å². The van der Waals surface area contributed by atoms with Crippen LogP contribution in [0.3, 0.4) is 0 Å². The quantitative estimate of drug-likeness (QED) is 0.706. The maximum Gasteiger partial charge on any atom is 0.225 e. The second-order valence-corrected chi connectivity index (χ2v) is 4.46. The van der Waals surface area contributed by atoms with Crippen molar-refractivity contribution in [2.75, 3.05) is 27.2 Å². The first kappa shape index (κ1) is 11.5. The Kier molecular flexibility index (Phi) is 3.50. The van der Waals surface area contributed by atoms with Gasteiger partial charge in [0.25, 0.3) is 0 Å². The molecule has 82 valence electrons. The Morgan fingerprint density at radius 3 is 2.50 bits per heavy atom. The number of methoxy groups -OCH3 is 1. The lowest BCUT2D eigenvalue weighted by Crippen LogP contribution is -2.58. The largest absolute Gasteiger partial charge is 0.378 e. The monoisotopic (exact) mass is 200 g/mol. The number of carbonyl (C=O) groups is 1. The molecule has 4 nitrogen and oxygen atoms in total. The van der Waals surface area contributed by atoms with Crippen LogP contribution in [0.2, 0.25) is 0 Å². The van der Waals surface area contributed by atoms with Crippen LogP contribution in [0.15, 0.2) is 0 Å². The summed E-state index contributed by atoms with van der Waals surface area (Å²) in [6, 6.07) is 0.371. The third-order valence-electron chi connectivity index (χ3n) is 2.83. The molecule has 4 heteroatoms. The molecule has 0 radical (unpaired) electrons. The third-order valence-corrected chi connectivity index (χ3v) is 2.83. The van der Waals surface area contributed by atoms with Gasteiger partial charge >= 0.3 is 0 Å². The molecule has 1 fully saturated rings. The molecule has 0 aromatic heterocycles. The lowest BCUT2D eigenvalue weighted by atomic mass is 10.0. The standard InChI is InChI=1S/C10H20N2O2/c1-10(2,14-4)5-9(13)12(3)8-6-11-7-8/h8,11H,5-7H2,1-4H3. The average Bonchev–Trinajstić information content (AvgIpc) is 2.00. The van der Waals surface area contributed by atoms with E-state index >= 15 is 0 Å². The van der Waals surface area contributed by atoms with Gasteiger partial charge in [-0.05, 0) is 13.8 Å². The van der Waals surface area contributed by atoms with E-state index in [4.69, 9.17) is 4.74 Å². The molecule has 1 rings (SSSR count). The molecule has 0 atom stereocenters. The zero-order valence-corrected chi connectivity index (χ0v) is 9.46. The normalized spacial score (nSPS) is 17.7. The summed E-state index contributed by atoms with van der Waals surface area (Å²) in [5, 5.41) is 3.15. The molecule has 0 aliphatic carbocycles. The first-order chi connectivity index (χ1) is 6.46. The number of nitrogens with one attached hydrogen (secondary N) is 1. The van der Waals surface area contributed by atoms with Gasteiger partial charge in [-0.3, -0.25) is 4.79 Å². The number of hydrogen-bond donors (Lipinski definition) is 1. The summed E-state index contributed by atoms with van der Waals surface area (Å²) in [5.41, 5.74) is -0.359. The van der Waals surface area contributed by atoms with Gasteiger partial charge in [-0.25, -0.2) is 0 Å². The molecule has 1 heterocycles. The van der Waals surface area contributed by atoms with Crippen molar-refractivity contribution in [3.8, 4) is 0 Å². The molecule has 1 amide bonds. The van der Waals surface area contributed by atoms with Crippen molar-refractivity contribution >= 4 is 5.91 Å². The average molecular weight is 200 g/mol. The summed E-state index contributed by atoms with van der Waals surface area (Å²) in [6.45, 7) is 5.68. The van der Waals surface area contributed by atoms with E-state index < -0.39 is 0 Å². The molecule has 1 aliphatic rings. The highest BCUT2D eigenvalue weighted by atomic mass is 16.5. The fraction of sp³-hybridized carbons (Fsp3) is 0.900. The maximum atomic E-state index is 11.8. The van der Waals surface area contributed by atoms with E-state index in [9.17, 15) is 4.79 Å². The Bertz CT molecular complexity index is 212. The Morgan fingerprint density at radius 2 is 2.14 bits per heavy atom. The van der Waals surface area contributed by atoms with Crippen molar-refractivity contribution in [2.45, 2.75) is 31.9 Å². The van der Waals surface area contributed by atoms with Gasteiger partial charge in [-0.1, -0.05) is 0 Å². The fourth-order valence-electron chi connectivity index (χ4n) is 1.31. The summed E-state index contributed by atoms with van der Waals surface area (Å²) < 4.78 is 5.23. The maximum absolute atomic E-state index is 11.8. The first-order valence-electron chi connectivity index (χ1n) is 4.98. The molecule has 0 spiro atoms. The Morgan fingerprint density at radius 1 is 1.57 bits per heavy atom. The number of hydrogen-bond acceptors (Lipinski definition) is 3. The minimum absolute atomic E-state index is 0.156. The highest BCUT2D eigenvalue weighted by Crippen LogP contribution is 2.15. The number of ether oxygens (including phenoxy) is 1. The van der Waals surface area contributed by atoms with Crippen LogP contribution in [0.1, 0.15) is 20.3 Å². The van der Waals surface area contributed by atoms with Crippen LogP contribution in [0.4, 0.5) is 0 Å². The van der Waals surface area contributed by atoms with Crippen molar-refractivity contribution in [1.29, 1.82) is 0 Å². The molecule has 14 heavy (non-hydrogen) atoms. The van der Waals surface area contributed by atoms with Gasteiger partial charge in [0.1, 0.15) is 0 Å². The van der Waals surface area contributed by atoms with Crippen LogP contribution in [0.5, 0.6) is 0 Å². The highest BCUT2D eigenvalue weighted by molar-refractivity contribution is 5.77. The summed E-state index contributed by atoms with van der Waals surface area (Å²) in [7, 11) is 3.50. The SMILES string of the molecule is COC(C)(C)CC(=O)N(C)C1CNC1. The predicted molar refractivity (Wildman–Crippen MR) is 55.1 cm³/mol. The fourth-order valence-corrected chi connectivity index (χ4v) is 1.31. The van der Waals surface area contributed by atoms with E-state index in [1.807, 2.05) is 25.8 Å². The van der Waals surface area contributed by atoms with Crippen LogP contribution in [-0.2, 0) is 9.53 Å². The molecule has 1 aliphatic heterocycles. The van der Waals surface area contributed by atoms with Gasteiger partial charge in [0.05, 0.1) is 18.1 Å². The van der Waals surface area contributed by atoms with Crippen LogP contribution in [0.25, 0.3) is 0 Å². The topological polar surface area (TPSA) is 41.6 Å². The molecule has 0 unspecified atom stereocenters. The second-order valence-electron chi connectivity index (χ2n) is 4.46. The van der Waals surface area contributed by atoms with Gasteiger partial charge in [0.2, 0.25) is 5.91 Å². The van der Waals surface area contributed by atoms with Gasteiger partial charge in [0.15, 0.2) is 0 Å². The number of carbonyl (C=O) groups excluding carboxylic acids is 1. The van der Waals surface area contributed by atoms with E-state index in [-0.39, 0.29) is 11.5 Å².